The van der Waals surface area contributed by atoms with E-state index >= 15 is 0 Å². The van der Waals surface area contributed by atoms with Gasteiger partial charge in [-0.15, -0.1) is 0 Å². The van der Waals surface area contributed by atoms with Crippen LogP contribution in [-0.4, -0.2) is 20.7 Å². The van der Waals surface area contributed by atoms with Gasteiger partial charge in [0.1, 0.15) is 6.54 Å². The molecular formula is C18H17F3N4O. The van der Waals surface area contributed by atoms with Gasteiger partial charge in [0.15, 0.2) is 5.65 Å². The van der Waals surface area contributed by atoms with Gasteiger partial charge in [-0.2, -0.15) is 18.3 Å². The molecule has 0 saturated heterocycles. The van der Waals surface area contributed by atoms with Crippen LogP contribution in [0.15, 0.2) is 30.3 Å². The Hall–Kier alpha value is -2.90. The number of hydrogen-bond acceptors (Lipinski definition) is 3. The molecule has 3 rings (SSSR count). The van der Waals surface area contributed by atoms with Crippen LogP contribution in [0.5, 0.6) is 0 Å². The van der Waals surface area contributed by atoms with Gasteiger partial charge in [0, 0.05) is 11.4 Å². The van der Waals surface area contributed by atoms with Crippen LogP contribution in [0.2, 0.25) is 0 Å². The first kappa shape index (κ1) is 17.9. The Morgan fingerprint density at radius 3 is 2.58 bits per heavy atom. The van der Waals surface area contributed by atoms with E-state index in [0.29, 0.717) is 5.69 Å². The molecule has 0 radical (unpaired) electrons. The normalized spacial score (nSPS) is 11.8. The van der Waals surface area contributed by atoms with E-state index in [1.807, 2.05) is 13.0 Å². The zero-order valence-electron chi connectivity index (χ0n) is 14.5. The molecule has 0 saturated carbocycles. The second-order valence-corrected chi connectivity index (χ2v) is 6.17. The van der Waals surface area contributed by atoms with E-state index in [0.717, 1.165) is 11.6 Å². The minimum absolute atomic E-state index is 0.0502. The number of alkyl halides is 3. The number of aryl methyl sites for hydroxylation is 3. The van der Waals surface area contributed by atoms with Gasteiger partial charge >= 0.3 is 6.18 Å². The minimum atomic E-state index is -4.52. The molecular weight excluding hydrogens is 345 g/mol. The quantitative estimate of drug-likeness (QED) is 0.766. The van der Waals surface area contributed by atoms with Crippen molar-refractivity contribution in [3.8, 4) is 0 Å². The maximum Gasteiger partial charge on any atom is 0.417 e. The zero-order valence-corrected chi connectivity index (χ0v) is 14.5. The van der Waals surface area contributed by atoms with E-state index < -0.39 is 17.6 Å². The fourth-order valence-corrected chi connectivity index (χ4v) is 2.87. The number of benzene rings is 1. The molecule has 26 heavy (non-hydrogen) atoms. The number of fused-ring (bicyclic) bond motifs is 1. The maximum atomic E-state index is 13.3. The van der Waals surface area contributed by atoms with Gasteiger partial charge in [0.2, 0.25) is 5.91 Å². The van der Waals surface area contributed by atoms with Crippen LogP contribution in [-0.2, 0) is 17.5 Å². The molecule has 0 aliphatic carbocycles. The number of aromatic nitrogens is 3. The van der Waals surface area contributed by atoms with Gasteiger partial charge in [0.05, 0.1) is 16.6 Å². The van der Waals surface area contributed by atoms with Crippen molar-refractivity contribution in [2.24, 2.45) is 0 Å². The van der Waals surface area contributed by atoms with Gasteiger partial charge in [-0.25, -0.2) is 9.67 Å². The fourth-order valence-electron chi connectivity index (χ4n) is 2.87. The molecule has 3 aromatic rings. The summed E-state index contributed by atoms with van der Waals surface area (Å²) in [7, 11) is 0. The highest BCUT2D eigenvalue weighted by atomic mass is 19.4. The van der Waals surface area contributed by atoms with Crippen molar-refractivity contribution in [3.05, 3.63) is 52.8 Å². The monoisotopic (exact) mass is 362 g/mol. The SMILES string of the molecule is Cc1cccc(NC(=O)Cn2nc(C)c3c(C(F)(F)F)cc(C)nc32)c1. The lowest BCUT2D eigenvalue weighted by molar-refractivity contribution is -0.136. The lowest BCUT2D eigenvalue weighted by Crippen LogP contribution is -2.20. The second-order valence-electron chi connectivity index (χ2n) is 6.17. The third-order valence-electron chi connectivity index (χ3n) is 3.91. The van der Waals surface area contributed by atoms with Crippen LogP contribution in [0.1, 0.15) is 22.5 Å². The smallest absolute Gasteiger partial charge is 0.324 e. The highest BCUT2D eigenvalue weighted by molar-refractivity contribution is 5.92. The Balaban J connectivity index is 1.96. The number of hydrogen-bond donors (Lipinski definition) is 1. The summed E-state index contributed by atoms with van der Waals surface area (Å²) in [6.07, 6.45) is -4.52. The predicted octanol–water partition coefficient (Wildman–Crippen LogP) is 4.01. The number of nitrogens with zero attached hydrogens (tertiary/aromatic N) is 3. The molecule has 1 N–H and O–H groups in total. The number of nitrogens with one attached hydrogen (secondary N) is 1. The first-order valence-corrected chi connectivity index (χ1v) is 7.93. The Morgan fingerprint density at radius 1 is 1.19 bits per heavy atom. The molecule has 2 aromatic heterocycles. The standard InChI is InChI=1S/C18H17F3N4O/c1-10-5-4-6-13(7-10)23-15(26)9-25-17-16(12(3)24-25)14(18(19,20)21)8-11(2)22-17/h4-8H,9H2,1-3H3,(H,23,26). The highest BCUT2D eigenvalue weighted by Crippen LogP contribution is 2.36. The van der Waals surface area contributed by atoms with Crippen molar-refractivity contribution < 1.29 is 18.0 Å². The second kappa shape index (κ2) is 6.44. The van der Waals surface area contributed by atoms with Crippen LogP contribution in [0.25, 0.3) is 11.0 Å². The maximum absolute atomic E-state index is 13.3. The topological polar surface area (TPSA) is 59.8 Å². The number of carbonyl (C=O) groups excluding carboxylic acids is 1. The van der Waals surface area contributed by atoms with E-state index in [9.17, 15) is 18.0 Å². The van der Waals surface area contributed by atoms with Crippen LogP contribution in [0, 0.1) is 20.8 Å². The van der Waals surface area contributed by atoms with E-state index in [-0.39, 0.29) is 29.0 Å². The molecule has 0 spiro atoms. The van der Waals surface area contributed by atoms with E-state index in [4.69, 9.17) is 0 Å². The highest BCUT2D eigenvalue weighted by Gasteiger charge is 2.35. The Kier molecular flexibility index (Phi) is 4.43. The third-order valence-corrected chi connectivity index (χ3v) is 3.91. The summed E-state index contributed by atoms with van der Waals surface area (Å²) < 4.78 is 41.2. The summed E-state index contributed by atoms with van der Waals surface area (Å²) in [5, 5.41) is 6.74. The molecule has 8 heteroatoms. The summed E-state index contributed by atoms with van der Waals surface area (Å²) in [5.41, 5.74) is 1.25. The molecule has 0 fully saturated rings. The first-order valence-electron chi connectivity index (χ1n) is 7.93. The average Bonchev–Trinajstić information content (AvgIpc) is 2.81. The van der Waals surface area contributed by atoms with Gasteiger partial charge in [-0.3, -0.25) is 4.79 Å². The Bertz CT molecular complexity index is 992. The number of halogens is 3. The van der Waals surface area contributed by atoms with E-state index in [1.165, 1.54) is 18.5 Å². The van der Waals surface area contributed by atoms with Crippen molar-refractivity contribution in [1.29, 1.82) is 0 Å². The molecule has 1 amide bonds. The van der Waals surface area contributed by atoms with Gasteiger partial charge in [-0.05, 0) is 44.5 Å². The molecule has 0 unspecified atom stereocenters. The van der Waals surface area contributed by atoms with Crippen molar-refractivity contribution in [2.75, 3.05) is 5.32 Å². The summed E-state index contributed by atoms with van der Waals surface area (Å²) in [4.78, 5) is 16.5. The zero-order chi connectivity index (χ0) is 19.1. The summed E-state index contributed by atoms with van der Waals surface area (Å²) in [6, 6.07) is 8.23. The number of anilines is 1. The average molecular weight is 362 g/mol. The molecule has 0 bridgehead atoms. The lowest BCUT2D eigenvalue weighted by Gasteiger charge is -2.10. The number of rotatable bonds is 3. The van der Waals surface area contributed by atoms with Crippen molar-refractivity contribution in [2.45, 2.75) is 33.5 Å². The number of pyridine rings is 1. The van der Waals surface area contributed by atoms with Crippen molar-refractivity contribution in [3.63, 3.8) is 0 Å². The molecule has 2 heterocycles. The van der Waals surface area contributed by atoms with Crippen LogP contribution >= 0.6 is 0 Å². The Labute approximate surface area is 147 Å². The molecule has 5 nitrogen and oxygen atoms in total. The van der Waals surface area contributed by atoms with Crippen LogP contribution < -0.4 is 5.32 Å². The number of amides is 1. The minimum Gasteiger partial charge on any atom is -0.324 e. The predicted molar refractivity (Wildman–Crippen MR) is 91.8 cm³/mol. The van der Waals surface area contributed by atoms with Crippen LogP contribution in [0.4, 0.5) is 18.9 Å². The van der Waals surface area contributed by atoms with E-state index in [1.54, 1.807) is 18.2 Å². The summed E-state index contributed by atoms with van der Waals surface area (Å²) in [6.45, 7) is 4.62. The van der Waals surface area contributed by atoms with E-state index in [2.05, 4.69) is 15.4 Å². The summed E-state index contributed by atoms with van der Waals surface area (Å²) in [5.74, 6) is -0.392. The Morgan fingerprint density at radius 2 is 1.92 bits per heavy atom. The van der Waals surface area contributed by atoms with Crippen molar-refractivity contribution in [1.82, 2.24) is 14.8 Å². The van der Waals surface area contributed by atoms with Gasteiger partial charge < -0.3 is 5.32 Å². The molecule has 0 aliphatic rings. The van der Waals surface area contributed by atoms with Gasteiger partial charge in [-0.1, -0.05) is 12.1 Å². The van der Waals surface area contributed by atoms with Gasteiger partial charge in [0.25, 0.3) is 0 Å². The first-order chi connectivity index (χ1) is 12.1. The third kappa shape index (κ3) is 3.54. The summed E-state index contributed by atoms with van der Waals surface area (Å²) >= 11 is 0. The molecule has 1 aromatic carbocycles. The molecule has 136 valence electrons. The molecule has 0 aliphatic heterocycles. The number of carbonyl (C=O) groups is 1. The lowest BCUT2D eigenvalue weighted by atomic mass is 10.1. The largest absolute Gasteiger partial charge is 0.417 e. The van der Waals surface area contributed by atoms with Crippen molar-refractivity contribution >= 4 is 22.6 Å². The van der Waals surface area contributed by atoms with Crippen LogP contribution in [0.3, 0.4) is 0 Å². The molecule has 0 atom stereocenters. The fraction of sp³-hybridized carbons (Fsp3) is 0.278.